The van der Waals surface area contributed by atoms with E-state index in [-0.39, 0.29) is 0 Å². The molecule has 0 bridgehead atoms. The zero-order chi connectivity index (χ0) is 37.0. The number of hydrogen-bond acceptors (Lipinski definition) is 1. The van der Waals surface area contributed by atoms with Gasteiger partial charge in [0.25, 0.3) is 0 Å². The first-order valence-corrected chi connectivity index (χ1v) is 19.0. The van der Waals surface area contributed by atoms with Gasteiger partial charge in [0.2, 0.25) is 5.95 Å². The molecule has 8 aromatic carbocycles. The van der Waals surface area contributed by atoms with Crippen LogP contribution in [0.1, 0.15) is 5.56 Å². The van der Waals surface area contributed by atoms with Crippen LogP contribution < -0.4 is 9.78 Å². The second-order valence-corrected chi connectivity index (χ2v) is 14.3. The molecule has 0 saturated heterocycles. The van der Waals surface area contributed by atoms with Crippen molar-refractivity contribution >= 4 is 43.6 Å². The van der Waals surface area contributed by atoms with Crippen LogP contribution in [0.15, 0.2) is 200 Å². The number of nitrogens with zero attached hydrogens (tertiary/aromatic N) is 5. The molecule has 0 saturated carbocycles. The Balaban J connectivity index is 1.17. The highest BCUT2D eigenvalue weighted by atomic mass is 15.4. The fraction of sp³-hybridized carbons (Fsp3) is 0.0196. The van der Waals surface area contributed by atoms with Gasteiger partial charge < -0.3 is 14.6 Å². The maximum absolute atomic E-state index is 5.40. The smallest absolute Gasteiger partial charge is 0.229 e. The van der Waals surface area contributed by atoms with Crippen LogP contribution in [0.4, 0.5) is 0 Å². The summed E-state index contributed by atoms with van der Waals surface area (Å²) in [4.78, 5) is 5.40. The molecule has 0 atom stereocenters. The van der Waals surface area contributed by atoms with Gasteiger partial charge in [-0.05, 0) is 69.5 Å². The molecule has 0 N–H and O–H groups in total. The zero-order valence-electron chi connectivity index (χ0n) is 30.5. The number of para-hydroxylation sites is 2. The summed E-state index contributed by atoms with van der Waals surface area (Å²) in [5, 5.41) is 9.98. The minimum Gasteiger partial charge on any atom is -0.375 e. The van der Waals surface area contributed by atoms with Crippen molar-refractivity contribution in [1.29, 1.82) is 0 Å². The largest absolute Gasteiger partial charge is 0.375 e. The fourth-order valence-corrected chi connectivity index (χ4v) is 8.33. The van der Waals surface area contributed by atoms with E-state index in [1.165, 1.54) is 43.8 Å². The summed E-state index contributed by atoms with van der Waals surface area (Å²) in [7, 11) is 0. The number of aromatic nitrogens is 5. The normalized spacial score (nSPS) is 11.6. The van der Waals surface area contributed by atoms with Crippen molar-refractivity contribution in [3.05, 3.63) is 206 Å². The van der Waals surface area contributed by atoms with Crippen molar-refractivity contribution in [3.8, 4) is 45.3 Å². The molecule has 3 aromatic heterocycles. The van der Waals surface area contributed by atoms with Crippen molar-refractivity contribution < 1.29 is 4.68 Å². The van der Waals surface area contributed by atoms with Crippen LogP contribution in [0, 0.1) is 0 Å². The van der Waals surface area contributed by atoms with Gasteiger partial charge >= 0.3 is 0 Å². The van der Waals surface area contributed by atoms with Crippen LogP contribution in [0.5, 0.6) is 0 Å². The molecule has 0 amide bonds. The van der Waals surface area contributed by atoms with E-state index in [1.54, 1.807) is 0 Å². The molecule has 0 aliphatic rings. The predicted molar refractivity (Wildman–Crippen MR) is 228 cm³/mol. The minimum atomic E-state index is 0.554. The highest BCUT2D eigenvalue weighted by Gasteiger charge is 2.25. The molecule has 11 rings (SSSR count). The minimum absolute atomic E-state index is 0.554. The van der Waals surface area contributed by atoms with E-state index in [9.17, 15) is 0 Å². The van der Waals surface area contributed by atoms with Crippen molar-refractivity contribution in [2.75, 3.05) is 0 Å². The number of hydrogen-bond donors (Lipinski definition) is 0. The van der Waals surface area contributed by atoms with Crippen LogP contribution >= 0.6 is 0 Å². The van der Waals surface area contributed by atoms with Crippen molar-refractivity contribution in [2.45, 2.75) is 6.54 Å². The Morgan fingerprint density at radius 2 is 0.839 bits per heavy atom. The zero-order valence-corrected chi connectivity index (χ0v) is 30.5. The van der Waals surface area contributed by atoms with E-state index < -0.39 is 0 Å². The van der Waals surface area contributed by atoms with Crippen LogP contribution in [-0.4, -0.2) is 14.1 Å². The van der Waals surface area contributed by atoms with Gasteiger partial charge in [-0.1, -0.05) is 170 Å². The van der Waals surface area contributed by atoms with Gasteiger partial charge in [0.15, 0.2) is 0 Å². The predicted octanol–water partition coefficient (Wildman–Crippen LogP) is 11.6. The molecule has 264 valence electrons. The van der Waals surface area contributed by atoms with E-state index in [0.29, 0.717) is 12.4 Å². The van der Waals surface area contributed by atoms with Gasteiger partial charge in [0.1, 0.15) is 11.0 Å². The lowest BCUT2D eigenvalue weighted by molar-refractivity contribution is -0.741. The summed E-state index contributed by atoms with van der Waals surface area (Å²) in [5.41, 5.74) is 12.5. The second-order valence-electron chi connectivity index (χ2n) is 14.3. The standard InChI is InChI=1S/C51H35N5/c1-4-14-36(15-5-1)38-26-24-35(25-27-38)34-54-51(52-50(53-54)40-18-8-3-9-19-40)56-47-23-13-11-21-43(47)45-33-32-44-42-20-10-12-22-46(42)55(48(44)49(45)56)41-30-28-39(29-31-41)37-16-6-2-7-17-37/h1-33H,34H2. The molecule has 0 unspecified atom stereocenters. The Kier molecular flexibility index (Phi) is 7.49. The third-order valence-electron chi connectivity index (χ3n) is 11.0. The van der Waals surface area contributed by atoms with E-state index >= 15 is 0 Å². The lowest BCUT2D eigenvalue weighted by Gasteiger charge is -2.13. The molecule has 0 fully saturated rings. The molecular weight excluding hydrogens is 683 g/mol. The van der Waals surface area contributed by atoms with E-state index in [1.807, 2.05) is 18.2 Å². The van der Waals surface area contributed by atoms with Gasteiger partial charge in [-0.15, -0.1) is 0 Å². The summed E-state index contributed by atoms with van der Waals surface area (Å²) in [6, 6.07) is 71.1. The van der Waals surface area contributed by atoms with Gasteiger partial charge in [-0.3, -0.25) is 4.68 Å². The van der Waals surface area contributed by atoms with Crippen LogP contribution in [-0.2, 0) is 6.54 Å². The molecule has 3 heterocycles. The SMILES string of the molecule is c1ccc(-c2ccc(C[n+]3[n-]c(-c4ccccc4)nc3-n3c4ccccc4c4ccc5c6ccccc6n(-c6ccc(-c7ccccc7)cc6)c5c43)cc2)cc1. The summed E-state index contributed by atoms with van der Waals surface area (Å²) < 4.78 is 6.85. The Labute approximate surface area is 324 Å². The highest BCUT2D eigenvalue weighted by molar-refractivity contribution is 6.23. The van der Waals surface area contributed by atoms with Gasteiger partial charge in [0.05, 0.1) is 17.6 Å². The molecule has 5 nitrogen and oxygen atoms in total. The van der Waals surface area contributed by atoms with Crippen LogP contribution in [0.25, 0.3) is 88.9 Å². The van der Waals surface area contributed by atoms with E-state index in [2.05, 4.69) is 196 Å². The van der Waals surface area contributed by atoms with Gasteiger partial charge in [0, 0.05) is 27.2 Å². The van der Waals surface area contributed by atoms with Crippen LogP contribution in [0.2, 0.25) is 0 Å². The molecule has 56 heavy (non-hydrogen) atoms. The maximum atomic E-state index is 5.40. The van der Waals surface area contributed by atoms with Crippen molar-refractivity contribution in [3.63, 3.8) is 0 Å². The van der Waals surface area contributed by atoms with Gasteiger partial charge in [-0.25, -0.2) is 4.57 Å². The highest BCUT2D eigenvalue weighted by Crippen LogP contribution is 2.41. The summed E-state index contributed by atoms with van der Waals surface area (Å²) in [6.45, 7) is 0.554. The topological polar surface area (TPSA) is 40.7 Å². The fourth-order valence-electron chi connectivity index (χ4n) is 8.33. The first-order chi connectivity index (χ1) is 27.8. The molecule has 0 spiro atoms. The Morgan fingerprint density at radius 1 is 0.393 bits per heavy atom. The molecule has 11 aromatic rings. The average molecular weight is 718 g/mol. The summed E-state index contributed by atoms with van der Waals surface area (Å²) in [5.74, 6) is 1.46. The molecule has 5 heteroatoms. The second kappa shape index (κ2) is 13.1. The lowest BCUT2D eigenvalue weighted by atomic mass is 10.0. The Bertz CT molecular complexity index is 3170. The first-order valence-electron chi connectivity index (χ1n) is 19.0. The third-order valence-corrected chi connectivity index (χ3v) is 11.0. The summed E-state index contributed by atoms with van der Waals surface area (Å²) in [6.07, 6.45) is 0. The third kappa shape index (κ3) is 5.24. The van der Waals surface area contributed by atoms with Gasteiger partial charge in [-0.2, -0.15) is 0 Å². The van der Waals surface area contributed by atoms with E-state index in [4.69, 9.17) is 10.1 Å². The molecule has 0 aliphatic heterocycles. The average Bonchev–Trinajstić information content (AvgIpc) is 3.95. The Hall–Kier alpha value is -7.50. The van der Waals surface area contributed by atoms with Crippen molar-refractivity contribution in [2.24, 2.45) is 0 Å². The molecule has 0 aliphatic carbocycles. The monoisotopic (exact) mass is 717 g/mol. The molecule has 0 radical (unpaired) electrons. The Morgan fingerprint density at radius 3 is 1.41 bits per heavy atom. The number of benzene rings is 8. The van der Waals surface area contributed by atoms with Crippen molar-refractivity contribution in [1.82, 2.24) is 19.2 Å². The number of rotatable bonds is 7. The van der Waals surface area contributed by atoms with Crippen LogP contribution in [0.3, 0.4) is 0 Å². The first kappa shape index (κ1) is 32.0. The number of fused-ring (bicyclic) bond motifs is 7. The molecular formula is C51H35N5. The van der Waals surface area contributed by atoms with E-state index in [0.717, 1.165) is 44.8 Å². The summed E-state index contributed by atoms with van der Waals surface area (Å²) >= 11 is 0. The lowest BCUT2D eigenvalue weighted by Crippen LogP contribution is -2.42. The maximum Gasteiger partial charge on any atom is 0.229 e. The quantitative estimate of drug-likeness (QED) is 0.154.